The van der Waals surface area contributed by atoms with E-state index >= 15 is 0 Å². The SMILES string of the molecule is Cc1cc(CNC(=O)c2nc3n(c(=O)c2O)CC2(CSc4nccn4C)CCC3(NC(=O)C(=O)N(C)C)CC2)ccc1F. The molecule has 1 aromatic carbocycles. The molecule has 0 saturated heterocycles. The summed E-state index contributed by atoms with van der Waals surface area (Å²) in [5.41, 5.74) is -1.87. The second kappa shape index (κ2) is 11.5. The summed E-state index contributed by atoms with van der Waals surface area (Å²) in [5, 5.41) is 17.2. The Balaban J connectivity index is 1.52. The molecule has 3 amide bonds. The van der Waals surface area contributed by atoms with Crippen LogP contribution < -0.4 is 16.2 Å². The molecule has 3 aliphatic rings. The standard InChI is InChI=1S/C29H34FN7O5S/c1-17-13-18(5-6-19(17)30)14-32-22(39)20-21(38)24(41)37-15-28(16-43-27-31-11-12-36(27)4)7-9-29(10-8-28,26(37)33-20)34-23(40)25(42)35(2)3/h5-6,11-13,38H,7-10,14-16H2,1-4H3,(H,32,39)(H,34,40). The highest BCUT2D eigenvalue weighted by Gasteiger charge is 2.52. The number of likely N-dealkylation sites (N-methyl/N-ethyl adjacent to an activating group) is 1. The van der Waals surface area contributed by atoms with Crippen LogP contribution in [0.5, 0.6) is 5.75 Å². The molecule has 1 aliphatic carbocycles. The predicted octanol–water partition coefficient (Wildman–Crippen LogP) is 1.83. The number of carbonyl (C=O) groups is 3. The lowest BCUT2D eigenvalue weighted by molar-refractivity contribution is -0.145. The van der Waals surface area contributed by atoms with E-state index in [1.165, 1.54) is 30.8 Å². The molecule has 2 aliphatic heterocycles. The molecule has 2 aromatic heterocycles. The molecule has 43 heavy (non-hydrogen) atoms. The Kier molecular flexibility index (Phi) is 8.07. The van der Waals surface area contributed by atoms with E-state index in [1.54, 1.807) is 30.9 Å². The molecule has 12 nitrogen and oxygen atoms in total. The lowest BCUT2D eigenvalue weighted by Crippen LogP contribution is -2.54. The van der Waals surface area contributed by atoms with Gasteiger partial charge in [-0.3, -0.25) is 23.7 Å². The average molecular weight is 612 g/mol. The maximum Gasteiger partial charge on any atom is 0.311 e. The fourth-order valence-corrected chi connectivity index (χ4v) is 6.99. The fraction of sp³-hybridized carbons (Fsp3) is 0.448. The van der Waals surface area contributed by atoms with Crippen LogP contribution in [0.15, 0.2) is 40.5 Å². The van der Waals surface area contributed by atoms with Crippen molar-refractivity contribution in [3.63, 3.8) is 0 Å². The van der Waals surface area contributed by atoms with E-state index in [2.05, 4.69) is 20.6 Å². The summed E-state index contributed by atoms with van der Waals surface area (Å²) in [5.74, 6) is -2.86. The van der Waals surface area contributed by atoms with Crippen molar-refractivity contribution < 1.29 is 23.9 Å². The number of carbonyl (C=O) groups excluding carboxylic acids is 3. The normalized spacial score (nSPS) is 20.7. The summed E-state index contributed by atoms with van der Waals surface area (Å²) < 4.78 is 16.9. The van der Waals surface area contributed by atoms with Gasteiger partial charge in [-0.1, -0.05) is 23.9 Å². The maximum atomic E-state index is 13.7. The topological polar surface area (TPSA) is 151 Å². The van der Waals surface area contributed by atoms with Crippen LogP contribution in [0, 0.1) is 18.2 Å². The van der Waals surface area contributed by atoms with Gasteiger partial charge in [-0.25, -0.2) is 14.4 Å². The highest BCUT2D eigenvalue weighted by Crippen LogP contribution is 2.51. The van der Waals surface area contributed by atoms with Gasteiger partial charge >= 0.3 is 11.8 Å². The van der Waals surface area contributed by atoms with E-state index in [-0.39, 0.29) is 24.7 Å². The summed E-state index contributed by atoms with van der Waals surface area (Å²) in [4.78, 5) is 62.6. The minimum atomic E-state index is -1.22. The molecule has 6 rings (SSSR count). The molecule has 14 heteroatoms. The predicted molar refractivity (Wildman–Crippen MR) is 156 cm³/mol. The Hall–Kier alpha value is -4.20. The second-order valence-corrected chi connectivity index (χ2v) is 12.6. The number of aryl methyl sites for hydroxylation is 2. The van der Waals surface area contributed by atoms with Crippen LogP contribution in [0.2, 0.25) is 0 Å². The van der Waals surface area contributed by atoms with Crippen molar-refractivity contribution in [2.24, 2.45) is 12.5 Å². The molecule has 1 fully saturated rings. The third-order valence-electron chi connectivity index (χ3n) is 8.36. The fourth-order valence-electron chi connectivity index (χ4n) is 5.78. The third-order valence-corrected chi connectivity index (χ3v) is 9.77. The van der Waals surface area contributed by atoms with Gasteiger partial charge in [-0.2, -0.15) is 0 Å². The number of fused-ring (bicyclic) bond motifs is 2. The minimum absolute atomic E-state index is 0.00618. The summed E-state index contributed by atoms with van der Waals surface area (Å²) in [6.45, 7) is 1.81. The number of rotatable bonds is 7. The molecule has 4 heterocycles. The van der Waals surface area contributed by atoms with Gasteiger partial charge in [-0.15, -0.1) is 0 Å². The zero-order valence-electron chi connectivity index (χ0n) is 24.4. The number of amides is 3. The first kappa shape index (κ1) is 30.3. The van der Waals surface area contributed by atoms with Crippen LogP contribution in [0.4, 0.5) is 4.39 Å². The van der Waals surface area contributed by atoms with Crippen molar-refractivity contribution in [2.45, 2.75) is 56.4 Å². The molecule has 0 radical (unpaired) electrons. The summed E-state index contributed by atoms with van der Waals surface area (Å²) in [6, 6.07) is 4.40. The van der Waals surface area contributed by atoms with Gasteiger partial charge in [0.1, 0.15) is 11.6 Å². The number of hydrogen-bond acceptors (Lipinski definition) is 8. The second-order valence-electron chi connectivity index (χ2n) is 11.6. The monoisotopic (exact) mass is 611 g/mol. The van der Waals surface area contributed by atoms with E-state index in [9.17, 15) is 28.7 Å². The van der Waals surface area contributed by atoms with Gasteiger partial charge in [0.25, 0.3) is 11.5 Å². The first-order valence-electron chi connectivity index (χ1n) is 13.9. The lowest BCUT2D eigenvalue weighted by atomic mass is 9.69. The quantitative estimate of drug-likeness (QED) is 0.270. The van der Waals surface area contributed by atoms with Gasteiger partial charge in [0.15, 0.2) is 10.9 Å². The van der Waals surface area contributed by atoms with Crippen molar-refractivity contribution in [2.75, 3.05) is 19.8 Å². The Labute approximate surface area is 251 Å². The van der Waals surface area contributed by atoms with Crippen LogP contribution >= 0.6 is 11.8 Å². The number of thioether (sulfide) groups is 1. The molecule has 2 bridgehead atoms. The van der Waals surface area contributed by atoms with Crippen molar-refractivity contribution in [3.05, 3.63) is 69.4 Å². The van der Waals surface area contributed by atoms with Gasteiger partial charge in [0, 0.05) is 52.4 Å². The van der Waals surface area contributed by atoms with E-state index in [0.29, 0.717) is 42.6 Å². The van der Waals surface area contributed by atoms with Gasteiger partial charge in [-0.05, 0) is 55.2 Å². The smallest absolute Gasteiger partial charge is 0.311 e. The molecule has 228 valence electrons. The molecule has 3 N–H and O–H groups in total. The average Bonchev–Trinajstić information content (AvgIpc) is 3.28. The molecule has 0 unspecified atom stereocenters. The number of nitrogens with one attached hydrogen (secondary N) is 2. The molecule has 0 spiro atoms. The van der Waals surface area contributed by atoms with E-state index < -0.39 is 45.7 Å². The highest BCUT2D eigenvalue weighted by molar-refractivity contribution is 7.99. The molecule has 0 atom stereocenters. The van der Waals surface area contributed by atoms with Gasteiger partial charge < -0.3 is 25.2 Å². The largest absolute Gasteiger partial charge is 0.501 e. The third kappa shape index (κ3) is 5.75. The molecular weight excluding hydrogens is 577 g/mol. The Morgan fingerprint density at radius 1 is 1.19 bits per heavy atom. The molecular formula is C29H34FN7O5S. The molecule has 1 saturated carbocycles. The summed E-state index contributed by atoms with van der Waals surface area (Å²) in [7, 11) is 4.83. The number of aromatic nitrogens is 4. The van der Waals surface area contributed by atoms with E-state index in [0.717, 1.165) is 10.1 Å². The Morgan fingerprint density at radius 3 is 2.53 bits per heavy atom. The van der Waals surface area contributed by atoms with Crippen molar-refractivity contribution in [3.8, 4) is 5.75 Å². The van der Waals surface area contributed by atoms with Crippen LogP contribution in [-0.2, 0) is 35.3 Å². The number of imidazole rings is 1. The van der Waals surface area contributed by atoms with Crippen LogP contribution in [0.3, 0.4) is 0 Å². The van der Waals surface area contributed by atoms with Crippen LogP contribution in [-0.4, -0.2) is 66.7 Å². The van der Waals surface area contributed by atoms with Crippen molar-refractivity contribution in [1.29, 1.82) is 0 Å². The number of halogens is 1. The summed E-state index contributed by atoms with van der Waals surface area (Å²) in [6.07, 6.45) is 5.48. The first-order chi connectivity index (χ1) is 20.3. The number of nitrogens with zero attached hydrogens (tertiary/aromatic N) is 5. The lowest BCUT2D eigenvalue weighted by Gasteiger charge is -2.42. The van der Waals surface area contributed by atoms with Crippen LogP contribution in [0.1, 0.15) is 53.1 Å². The first-order valence-corrected chi connectivity index (χ1v) is 14.8. The Bertz CT molecular complexity index is 1660. The molecule has 3 aromatic rings. The zero-order chi connectivity index (χ0) is 31.1. The van der Waals surface area contributed by atoms with Gasteiger partial charge in [0.05, 0.1) is 5.54 Å². The van der Waals surface area contributed by atoms with Crippen molar-refractivity contribution >= 4 is 29.5 Å². The van der Waals surface area contributed by atoms with Gasteiger partial charge in [0.2, 0.25) is 5.75 Å². The van der Waals surface area contributed by atoms with E-state index in [4.69, 9.17) is 0 Å². The van der Waals surface area contributed by atoms with E-state index in [1.807, 2.05) is 17.8 Å². The number of aromatic hydroxyl groups is 1. The maximum absolute atomic E-state index is 13.7. The highest BCUT2D eigenvalue weighted by atomic mass is 32.2. The zero-order valence-corrected chi connectivity index (χ0v) is 25.3. The minimum Gasteiger partial charge on any atom is -0.501 e. The number of hydrogen-bond donors (Lipinski definition) is 3. The van der Waals surface area contributed by atoms with Crippen molar-refractivity contribution in [1.82, 2.24) is 34.6 Å². The van der Waals surface area contributed by atoms with Crippen LogP contribution in [0.25, 0.3) is 0 Å². The number of benzene rings is 1. The summed E-state index contributed by atoms with van der Waals surface area (Å²) >= 11 is 1.56. The Morgan fingerprint density at radius 2 is 1.91 bits per heavy atom.